The van der Waals surface area contributed by atoms with Crippen molar-refractivity contribution in [2.24, 2.45) is 5.92 Å². The topological polar surface area (TPSA) is 53.1 Å². The van der Waals surface area contributed by atoms with Gasteiger partial charge in [-0.25, -0.2) is 4.98 Å². The Morgan fingerprint density at radius 3 is 2.94 bits per heavy atom. The third-order valence-corrected chi connectivity index (χ3v) is 3.97. The Balaban J connectivity index is 1.87. The van der Waals surface area contributed by atoms with Crippen LogP contribution in [0.2, 0.25) is 0 Å². The van der Waals surface area contributed by atoms with E-state index in [1.54, 1.807) is 7.11 Å². The van der Waals surface area contributed by atoms with Crippen LogP contribution >= 0.6 is 0 Å². The van der Waals surface area contributed by atoms with E-state index in [4.69, 9.17) is 10.5 Å². The molecule has 1 aliphatic carbocycles. The number of nitrogen functional groups attached to an aromatic ring is 1. The SMILES string of the molecule is COc1ccc2c(c1)nc(N)n2CCC1CCC1. The van der Waals surface area contributed by atoms with E-state index >= 15 is 0 Å². The zero-order chi connectivity index (χ0) is 12.5. The monoisotopic (exact) mass is 245 g/mol. The normalized spacial score (nSPS) is 15.8. The van der Waals surface area contributed by atoms with Crippen molar-refractivity contribution in [2.45, 2.75) is 32.2 Å². The molecule has 96 valence electrons. The molecule has 0 atom stereocenters. The van der Waals surface area contributed by atoms with E-state index in [1.165, 1.54) is 25.7 Å². The largest absolute Gasteiger partial charge is 0.497 e. The van der Waals surface area contributed by atoms with Crippen LogP contribution in [0.1, 0.15) is 25.7 Å². The van der Waals surface area contributed by atoms with E-state index in [1.807, 2.05) is 18.2 Å². The van der Waals surface area contributed by atoms with E-state index in [0.29, 0.717) is 5.95 Å². The predicted octanol–water partition coefficient (Wildman–Crippen LogP) is 2.82. The Bertz CT molecular complexity index is 557. The highest BCUT2D eigenvalue weighted by atomic mass is 16.5. The van der Waals surface area contributed by atoms with E-state index < -0.39 is 0 Å². The van der Waals surface area contributed by atoms with Crippen LogP contribution in [0, 0.1) is 5.92 Å². The highest BCUT2D eigenvalue weighted by Gasteiger charge is 2.18. The molecule has 1 aromatic carbocycles. The minimum absolute atomic E-state index is 0.609. The van der Waals surface area contributed by atoms with Crippen molar-refractivity contribution < 1.29 is 4.74 Å². The Labute approximate surface area is 107 Å². The number of rotatable bonds is 4. The van der Waals surface area contributed by atoms with Gasteiger partial charge < -0.3 is 15.0 Å². The Kier molecular flexibility index (Phi) is 2.86. The zero-order valence-electron chi connectivity index (χ0n) is 10.7. The number of nitrogens with two attached hydrogens (primary N) is 1. The van der Waals surface area contributed by atoms with E-state index in [2.05, 4.69) is 9.55 Å². The fourth-order valence-electron chi connectivity index (χ4n) is 2.58. The highest BCUT2D eigenvalue weighted by Crippen LogP contribution is 2.31. The van der Waals surface area contributed by atoms with Crippen LogP contribution < -0.4 is 10.5 Å². The second-order valence-electron chi connectivity index (χ2n) is 5.06. The molecular weight excluding hydrogens is 226 g/mol. The van der Waals surface area contributed by atoms with Crippen molar-refractivity contribution in [2.75, 3.05) is 12.8 Å². The molecule has 0 radical (unpaired) electrons. The number of methoxy groups -OCH3 is 1. The Morgan fingerprint density at radius 2 is 2.28 bits per heavy atom. The summed E-state index contributed by atoms with van der Waals surface area (Å²) in [5, 5.41) is 0. The van der Waals surface area contributed by atoms with Gasteiger partial charge in [-0.1, -0.05) is 19.3 Å². The minimum atomic E-state index is 0.609. The molecule has 1 aliphatic rings. The molecule has 1 fully saturated rings. The van der Waals surface area contributed by atoms with Crippen molar-refractivity contribution in [1.29, 1.82) is 0 Å². The summed E-state index contributed by atoms with van der Waals surface area (Å²) in [4.78, 5) is 4.40. The number of nitrogens with zero attached hydrogens (tertiary/aromatic N) is 2. The van der Waals surface area contributed by atoms with Gasteiger partial charge in [0.25, 0.3) is 0 Å². The van der Waals surface area contributed by atoms with Crippen molar-refractivity contribution in [3.8, 4) is 5.75 Å². The third-order valence-electron chi connectivity index (χ3n) is 3.97. The Morgan fingerprint density at radius 1 is 1.44 bits per heavy atom. The second-order valence-corrected chi connectivity index (χ2v) is 5.06. The maximum Gasteiger partial charge on any atom is 0.201 e. The lowest BCUT2D eigenvalue weighted by atomic mass is 9.83. The lowest BCUT2D eigenvalue weighted by Gasteiger charge is -2.25. The van der Waals surface area contributed by atoms with Gasteiger partial charge in [0.2, 0.25) is 5.95 Å². The molecular formula is C14H19N3O. The molecule has 1 aromatic heterocycles. The number of imidazole rings is 1. The summed E-state index contributed by atoms with van der Waals surface area (Å²) >= 11 is 0. The van der Waals surface area contributed by atoms with Crippen LogP contribution in [0.3, 0.4) is 0 Å². The first kappa shape index (κ1) is 11.4. The molecule has 18 heavy (non-hydrogen) atoms. The van der Waals surface area contributed by atoms with Gasteiger partial charge >= 0.3 is 0 Å². The maximum atomic E-state index is 6.00. The molecule has 1 heterocycles. The fraction of sp³-hybridized carbons (Fsp3) is 0.500. The molecule has 2 N–H and O–H groups in total. The molecule has 0 amide bonds. The summed E-state index contributed by atoms with van der Waals surface area (Å²) in [5.41, 5.74) is 8.02. The van der Waals surface area contributed by atoms with Crippen molar-refractivity contribution >= 4 is 17.0 Å². The Hall–Kier alpha value is -1.71. The van der Waals surface area contributed by atoms with Gasteiger partial charge in [0.05, 0.1) is 18.1 Å². The molecule has 4 nitrogen and oxygen atoms in total. The van der Waals surface area contributed by atoms with Crippen molar-refractivity contribution in [1.82, 2.24) is 9.55 Å². The van der Waals surface area contributed by atoms with Gasteiger partial charge in [-0.2, -0.15) is 0 Å². The average Bonchev–Trinajstić information content (AvgIpc) is 2.62. The molecule has 2 aromatic rings. The van der Waals surface area contributed by atoms with Crippen LogP contribution in [0.25, 0.3) is 11.0 Å². The number of aryl methyl sites for hydroxylation is 1. The smallest absolute Gasteiger partial charge is 0.201 e. The quantitative estimate of drug-likeness (QED) is 0.901. The fourth-order valence-corrected chi connectivity index (χ4v) is 2.58. The summed E-state index contributed by atoms with van der Waals surface area (Å²) in [6, 6.07) is 5.94. The van der Waals surface area contributed by atoms with Gasteiger partial charge in [-0.3, -0.25) is 0 Å². The van der Waals surface area contributed by atoms with Gasteiger partial charge in [0.1, 0.15) is 5.75 Å². The molecule has 0 aliphatic heterocycles. The van der Waals surface area contributed by atoms with Crippen molar-refractivity contribution in [3.63, 3.8) is 0 Å². The molecule has 1 saturated carbocycles. The number of anilines is 1. The lowest BCUT2D eigenvalue weighted by molar-refractivity contribution is 0.284. The number of hydrogen-bond acceptors (Lipinski definition) is 3. The van der Waals surface area contributed by atoms with E-state index in [9.17, 15) is 0 Å². The third kappa shape index (κ3) is 1.92. The summed E-state index contributed by atoms with van der Waals surface area (Å²) in [5.74, 6) is 2.32. The number of aromatic nitrogens is 2. The summed E-state index contributed by atoms with van der Waals surface area (Å²) in [6.45, 7) is 0.972. The van der Waals surface area contributed by atoms with Crippen molar-refractivity contribution in [3.05, 3.63) is 18.2 Å². The zero-order valence-corrected chi connectivity index (χ0v) is 10.7. The summed E-state index contributed by atoms with van der Waals surface area (Å²) in [6.07, 6.45) is 5.35. The second kappa shape index (κ2) is 4.52. The average molecular weight is 245 g/mol. The molecule has 0 spiro atoms. The first-order chi connectivity index (χ1) is 8.78. The van der Waals surface area contributed by atoms with Gasteiger partial charge in [-0.15, -0.1) is 0 Å². The number of hydrogen-bond donors (Lipinski definition) is 1. The number of ether oxygens (including phenoxy) is 1. The molecule has 4 heteroatoms. The van der Waals surface area contributed by atoms with E-state index in [0.717, 1.165) is 29.2 Å². The standard InChI is InChI=1S/C14H19N3O/c1-18-11-5-6-13-12(9-11)16-14(15)17(13)8-7-10-3-2-4-10/h5-6,9-10H,2-4,7-8H2,1H3,(H2,15,16). The van der Waals surface area contributed by atoms with Crippen LogP contribution in [0.4, 0.5) is 5.95 Å². The van der Waals surface area contributed by atoms with Crippen LogP contribution in [0.5, 0.6) is 5.75 Å². The highest BCUT2D eigenvalue weighted by molar-refractivity contribution is 5.79. The molecule has 0 bridgehead atoms. The summed E-state index contributed by atoms with van der Waals surface area (Å²) < 4.78 is 7.32. The van der Waals surface area contributed by atoms with Gasteiger partial charge in [0.15, 0.2) is 0 Å². The number of benzene rings is 1. The molecule has 0 unspecified atom stereocenters. The first-order valence-corrected chi connectivity index (χ1v) is 6.57. The summed E-state index contributed by atoms with van der Waals surface area (Å²) in [7, 11) is 1.66. The van der Waals surface area contributed by atoms with Crippen LogP contribution in [0.15, 0.2) is 18.2 Å². The molecule has 3 rings (SSSR count). The predicted molar refractivity (Wildman–Crippen MR) is 72.7 cm³/mol. The maximum absolute atomic E-state index is 6.00. The molecule has 0 saturated heterocycles. The van der Waals surface area contributed by atoms with Crippen LogP contribution in [-0.2, 0) is 6.54 Å². The van der Waals surface area contributed by atoms with Gasteiger partial charge in [-0.05, 0) is 24.5 Å². The first-order valence-electron chi connectivity index (χ1n) is 6.57. The lowest BCUT2D eigenvalue weighted by Crippen LogP contribution is -2.14. The van der Waals surface area contributed by atoms with Crippen LogP contribution in [-0.4, -0.2) is 16.7 Å². The van der Waals surface area contributed by atoms with E-state index in [-0.39, 0.29) is 0 Å². The minimum Gasteiger partial charge on any atom is -0.497 e. The number of fused-ring (bicyclic) bond motifs is 1. The van der Waals surface area contributed by atoms with Gasteiger partial charge in [0, 0.05) is 12.6 Å².